The molecule has 0 aliphatic carbocycles. The monoisotopic (exact) mass is 348 g/mol. The van der Waals surface area contributed by atoms with Gasteiger partial charge in [0.05, 0.1) is 32.4 Å². The molecule has 0 bridgehead atoms. The number of nitrogens with one attached hydrogen (secondary N) is 1. The Bertz CT molecular complexity index is 662. The fourth-order valence-electron chi connectivity index (χ4n) is 2.71. The molecule has 0 amide bonds. The molecular formula is C18H20Cl2N3+. The van der Waals surface area contributed by atoms with Crippen LogP contribution in [-0.2, 0) is 6.54 Å². The van der Waals surface area contributed by atoms with Gasteiger partial charge in [0, 0.05) is 15.6 Å². The molecule has 1 fully saturated rings. The van der Waals surface area contributed by atoms with Gasteiger partial charge in [0.25, 0.3) is 0 Å². The molecule has 1 heterocycles. The summed E-state index contributed by atoms with van der Waals surface area (Å²) in [4.78, 5) is 1.55. The van der Waals surface area contributed by atoms with Crippen molar-refractivity contribution in [2.24, 2.45) is 5.10 Å². The lowest BCUT2D eigenvalue weighted by Gasteiger charge is -2.30. The Hall–Kier alpha value is -1.55. The molecule has 0 aromatic heterocycles. The molecule has 120 valence electrons. The second-order valence-electron chi connectivity index (χ2n) is 5.77. The van der Waals surface area contributed by atoms with E-state index in [4.69, 9.17) is 23.2 Å². The molecule has 3 rings (SSSR count). The molecule has 23 heavy (non-hydrogen) atoms. The van der Waals surface area contributed by atoms with E-state index < -0.39 is 0 Å². The lowest BCUT2D eigenvalue weighted by atomic mass is 10.2. The van der Waals surface area contributed by atoms with Crippen molar-refractivity contribution in [2.75, 3.05) is 26.2 Å². The number of halogens is 2. The van der Waals surface area contributed by atoms with Gasteiger partial charge in [-0.25, -0.2) is 0 Å². The van der Waals surface area contributed by atoms with E-state index in [0.717, 1.165) is 48.3 Å². The first-order valence-electron chi connectivity index (χ1n) is 7.82. The predicted octanol–water partition coefficient (Wildman–Crippen LogP) is 2.73. The summed E-state index contributed by atoms with van der Waals surface area (Å²) in [6.07, 6.45) is 1.90. The summed E-state index contributed by atoms with van der Waals surface area (Å²) in [6, 6.07) is 15.8. The number of hydrogen-bond donors (Lipinski definition) is 1. The molecule has 2 aromatic carbocycles. The van der Waals surface area contributed by atoms with Crippen molar-refractivity contribution < 1.29 is 4.90 Å². The molecule has 0 spiro atoms. The van der Waals surface area contributed by atoms with Crippen molar-refractivity contribution >= 4 is 29.4 Å². The maximum atomic E-state index is 6.24. The van der Waals surface area contributed by atoms with Crippen molar-refractivity contribution in [3.8, 4) is 0 Å². The van der Waals surface area contributed by atoms with E-state index in [1.165, 1.54) is 5.56 Å². The van der Waals surface area contributed by atoms with Crippen LogP contribution in [0.3, 0.4) is 0 Å². The largest absolute Gasteiger partial charge is 0.328 e. The highest BCUT2D eigenvalue weighted by Crippen LogP contribution is 2.13. The fourth-order valence-corrected chi connectivity index (χ4v) is 3.04. The summed E-state index contributed by atoms with van der Waals surface area (Å²) >= 11 is 12.1. The number of benzene rings is 2. The summed E-state index contributed by atoms with van der Waals surface area (Å²) in [6.45, 7) is 5.05. The number of hydrogen-bond acceptors (Lipinski definition) is 2. The third kappa shape index (κ3) is 4.71. The zero-order valence-corrected chi connectivity index (χ0v) is 14.4. The van der Waals surface area contributed by atoms with Gasteiger partial charge in [-0.15, -0.1) is 0 Å². The minimum atomic E-state index is 0.749. The smallest absolute Gasteiger partial charge is 0.104 e. The number of piperazine rings is 1. The van der Waals surface area contributed by atoms with Gasteiger partial charge in [-0.3, -0.25) is 5.01 Å². The van der Waals surface area contributed by atoms with Crippen molar-refractivity contribution in [3.63, 3.8) is 0 Å². The van der Waals surface area contributed by atoms with E-state index in [1.807, 2.05) is 48.7 Å². The van der Waals surface area contributed by atoms with Crippen LogP contribution in [-0.4, -0.2) is 37.4 Å². The minimum Gasteiger partial charge on any atom is -0.328 e. The Morgan fingerprint density at radius 1 is 1.00 bits per heavy atom. The maximum Gasteiger partial charge on any atom is 0.104 e. The Kier molecular flexibility index (Phi) is 5.55. The molecule has 1 aliphatic heterocycles. The molecule has 0 saturated carbocycles. The van der Waals surface area contributed by atoms with Crippen LogP contribution in [0.15, 0.2) is 53.6 Å². The molecule has 0 radical (unpaired) electrons. The molecular weight excluding hydrogens is 329 g/mol. The van der Waals surface area contributed by atoms with Crippen molar-refractivity contribution in [2.45, 2.75) is 6.54 Å². The third-order valence-corrected chi connectivity index (χ3v) is 4.71. The molecule has 5 heteroatoms. The van der Waals surface area contributed by atoms with Crippen LogP contribution >= 0.6 is 23.2 Å². The SMILES string of the molecule is Clc1ccc(C=NN2CC[NH+](Cc3ccccc3Cl)CC2)cc1. The Labute approximate surface area is 147 Å². The van der Waals surface area contributed by atoms with Crippen LogP contribution in [0.25, 0.3) is 0 Å². The fraction of sp³-hybridized carbons (Fsp3) is 0.278. The lowest BCUT2D eigenvalue weighted by molar-refractivity contribution is -0.918. The van der Waals surface area contributed by atoms with Crippen LogP contribution in [0, 0.1) is 0 Å². The molecule has 1 aliphatic rings. The topological polar surface area (TPSA) is 20.0 Å². The van der Waals surface area contributed by atoms with Crippen molar-refractivity contribution in [3.05, 3.63) is 69.7 Å². The lowest BCUT2D eigenvalue weighted by Crippen LogP contribution is -3.13. The average molecular weight is 349 g/mol. The first-order chi connectivity index (χ1) is 11.2. The Morgan fingerprint density at radius 3 is 2.39 bits per heavy atom. The van der Waals surface area contributed by atoms with E-state index in [2.05, 4.69) is 16.2 Å². The Morgan fingerprint density at radius 2 is 1.70 bits per heavy atom. The zero-order valence-electron chi connectivity index (χ0n) is 12.9. The van der Waals surface area contributed by atoms with Gasteiger partial charge in [-0.1, -0.05) is 53.5 Å². The predicted molar refractivity (Wildman–Crippen MR) is 96.5 cm³/mol. The van der Waals surface area contributed by atoms with Gasteiger partial charge >= 0.3 is 0 Å². The van der Waals surface area contributed by atoms with Gasteiger partial charge in [0.2, 0.25) is 0 Å². The van der Waals surface area contributed by atoms with Crippen LogP contribution < -0.4 is 4.90 Å². The number of nitrogens with zero attached hydrogens (tertiary/aromatic N) is 2. The molecule has 1 saturated heterocycles. The Balaban J connectivity index is 1.50. The first kappa shape index (κ1) is 16.3. The van der Waals surface area contributed by atoms with Crippen molar-refractivity contribution in [1.82, 2.24) is 5.01 Å². The summed E-state index contributed by atoms with van der Waals surface area (Å²) in [7, 11) is 0. The number of hydrazone groups is 1. The van der Waals surface area contributed by atoms with E-state index in [-0.39, 0.29) is 0 Å². The third-order valence-electron chi connectivity index (χ3n) is 4.09. The maximum absolute atomic E-state index is 6.24. The average Bonchev–Trinajstić information content (AvgIpc) is 2.58. The van der Waals surface area contributed by atoms with E-state index in [9.17, 15) is 0 Å². The van der Waals surface area contributed by atoms with E-state index >= 15 is 0 Å². The summed E-state index contributed by atoms with van der Waals surface area (Å²) < 4.78 is 0. The van der Waals surface area contributed by atoms with Gasteiger partial charge in [0.1, 0.15) is 6.54 Å². The zero-order chi connectivity index (χ0) is 16.1. The standard InChI is InChI=1S/C18H19Cl2N3/c19-17-7-5-15(6-8-17)13-21-23-11-9-22(10-12-23)14-16-3-1-2-4-18(16)20/h1-8,13H,9-12,14H2/p+1. The minimum absolute atomic E-state index is 0.749. The van der Waals surface area contributed by atoms with Crippen molar-refractivity contribution in [1.29, 1.82) is 0 Å². The molecule has 0 atom stereocenters. The number of quaternary nitrogens is 1. The molecule has 3 nitrogen and oxygen atoms in total. The quantitative estimate of drug-likeness (QED) is 0.842. The molecule has 2 aromatic rings. The summed E-state index contributed by atoms with van der Waals surface area (Å²) in [5.74, 6) is 0. The number of rotatable bonds is 4. The molecule has 1 N–H and O–H groups in total. The second-order valence-corrected chi connectivity index (χ2v) is 6.61. The highest BCUT2D eigenvalue weighted by atomic mass is 35.5. The van der Waals surface area contributed by atoms with Crippen LogP contribution in [0.5, 0.6) is 0 Å². The van der Waals surface area contributed by atoms with Gasteiger partial charge < -0.3 is 4.90 Å². The summed E-state index contributed by atoms with van der Waals surface area (Å²) in [5.41, 5.74) is 2.29. The van der Waals surface area contributed by atoms with E-state index in [0.29, 0.717) is 0 Å². The normalized spacial score (nSPS) is 16.2. The van der Waals surface area contributed by atoms with Gasteiger partial charge in [-0.2, -0.15) is 5.10 Å². The van der Waals surface area contributed by atoms with Gasteiger partial charge in [0.15, 0.2) is 0 Å². The van der Waals surface area contributed by atoms with E-state index in [1.54, 1.807) is 4.90 Å². The van der Waals surface area contributed by atoms with Crippen LogP contribution in [0.1, 0.15) is 11.1 Å². The van der Waals surface area contributed by atoms with Crippen LogP contribution in [0.2, 0.25) is 10.0 Å². The first-order valence-corrected chi connectivity index (χ1v) is 8.58. The van der Waals surface area contributed by atoms with Crippen LogP contribution in [0.4, 0.5) is 0 Å². The molecule has 0 unspecified atom stereocenters. The highest BCUT2D eigenvalue weighted by molar-refractivity contribution is 6.31. The summed E-state index contributed by atoms with van der Waals surface area (Å²) in [5, 5.41) is 8.31. The highest BCUT2D eigenvalue weighted by Gasteiger charge is 2.19. The van der Waals surface area contributed by atoms with Gasteiger partial charge in [-0.05, 0) is 23.8 Å². The second kappa shape index (κ2) is 7.82.